The molecule has 0 aliphatic rings. The molecule has 2 amide bonds. The van der Waals surface area contributed by atoms with Gasteiger partial charge in [-0.25, -0.2) is 13.1 Å². The number of amides is 2. The van der Waals surface area contributed by atoms with E-state index in [-0.39, 0.29) is 29.7 Å². The Bertz CT molecular complexity index is 995. The second-order valence-electron chi connectivity index (χ2n) is 7.81. The minimum absolute atomic E-state index is 0.0643. The minimum Gasteiger partial charge on any atom is -0.352 e. The molecule has 8 heteroatoms. The van der Waals surface area contributed by atoms with Gasteiger partial charge in [0.15, 0.2) is 0 Å². The molecule has 156 valence electrons. The van der Waals surface area contributed by atoms with Crippen LogP contribution in [0.2, 0.25) is 0 Å². The largest absolute Gasteiger partial charge is 0.352 e. The number of hydrogen-bond acceptors (Lipinski definition) is 4. The van der Waals surface area contributed by atoms with Gasteiger partial charge in [-0.15, -0.1) is 0 Å². The number of anilines is 1. The molecule has 2 aromatic carbocycles. The van der Waals surface area contributed by atoms with Gasteiger partial charge in [0.2, 0.25) is 15.9 Å². The van der Waals surface area contributed by atoms with Gasteiger partial charge in [0.05, 0.1) is 4.90 Å². The molecule has 0 radical (unpaired) electrons. The lowest BCUT2D eigenvalue weighted by atomic mass is 10.1. The summed E-state index contributed by atoms with van der Waals surface area (Å²) in [6.45, 7) is 7.32. The quantitative estimate of drug-likeness (QED) is 0.644. The maximum atomic E-state index is 12.4. The third-order valence-corrected chi connectivity index (χ3v) is 5.54. The van der Waals surface area contributed by atoms with Crippen molar-refractivity contribution in [2.24, 2.45) is 0 Å². The molecule has 0 saturated heterocycles. The van der Waals surface area contributed by atoms with Crippen LogP contribution in [0.4, 0.5) is 5.69 Å². The van der Waals surface area contributed by atoms with E-state index >= 15 is 0 Å². The van der Waals surface area contributed by atoms with Crippen LogP contribution in [-0.2, 0) is 14.8 Å². The minimum atomic E-state index is -3.70. The van der Waals surface area contributed by atoms with Crippen molar-refractivity contribution in [2.45, 2.75) is 44.6 Å². The van der Waals surface area contributed by atoms with Crippen molar-refractivity contribution in [3.8, 4) is 0 Å². The molecule has 2 rings (SSSR count). The molecular formula is C21H27N3O4S. The smallest absolute Gasteiger partial charge is 0.251 e. The molecule has 3 N–H and O–H groups in total. The highest BCUT2D eigenvalue weighted by Gasteiger charge is 2.22. The summed E-state index contributed by atoms with van der Waals surface area (Å²) in [4.78, 5) is 24.3. The molecule has 0 aromatic heterocycles. The normalized spacial score (nSPS) is 11.7. The van der Waals surface area contributed by atoms with E-state index in [1.807, 2.05) is 13.0 Å². The summed E-state index contributed by atoms with van der Waals surface area (Å²) >= 11 is 0. The van der Waals surface area contributed by atoms with Crippen LogP contribution in [0, 0.1) is 6.92 Å². The van der Waals surface area contributed by atoms with E-state index in [4.69, 9.17) is 0 Å². The van der Waals surface area contributed by atoms with Gasteiger partial charge in [-0.2, -0.15) is 0 Å². The number of carbonyl (C=O) groups is 2. The number of hydrogen-bond donors (Lipinski definition) is 3. The first-order valence-electron chi connectivity index (χ1n) is 9.25. The Labute approximate surface area is 172 Å². The lowest BCUT2D eigenvalue weighted by Crippen LogP contribution is -2.40. The van der Waals surface area contributed by atoms with E-state index in [2.05, 4.69) is 15.4 Å². The number of rotatable bonds is 7. The van der Waals surface area contributed by atoms with Crippen molar-refractivity contribution in [1.82, 2.24) is 10.0 Å². The van der Waals surface area contributed by atoms with E-state index in [0.29, 0.717) is 11.3 Å². The van der Waals surface area contributed by atoms with E-state index in [1.54, 1.807) is 51.1 Å². The van der Waals surface area contributed by atoms with Gasteiger partial charge in [-0.3, -0.25) is 9.59 Å². The average Bonchev–Trinajstić information content (AvgIpc) is 2.60. The van der Waals surface area contributed by atoms with Crippen LogP contribution in [-0.4, -0.2) is 32.3 Å². The van der Waals surface area contributed by atoms with Gasteiger partial charge in [0.1, 0.15) is 0 Å². The van der Waals surface area contributed by atoms with Gasteiger partial charge < -0.3 is 10.6 Å². The highest BCUT2D eigenvalue weighted by atomic mass is 32.2. The monoisotopic (exact) mass is 417 g/mol. The van der Waals surface area contributed by atoms with Crippen molar-refractivity contribution < 1.29 is 18.0 Å². The van der Waals surface area contributed by atoms with Crippen molar-refractivity contribution in [3.63, 3.8) is 0 Å². The standard InChI is InChI=1S/C21H27N3O4S/c1-15-7-5-8-16(13-15)20(26)22-12-11-19(25)23-17-9-6-10-18(14-17)29(27,28)24-21(2,3)4/h5-10,13-14,24H,11-12H2,1-4H3,(H,22,26)(H,23,25). The Balaban J connectivity index is 1.92. The number of benzene rings is 2. The third kappa shape index (κ3) is 7.32. The maximum Gasteiger partial charge on any atom is 0.251 e. The molecule has 0 fully saturated rings. The van der Waals surface area contributed by atoms with Crippen molar-refractivity contribution in [3.05, 3.63) is 59.7 Å². The van der Waals surface area contributed by atoms with Crippen LogP contribution in [0.3, 0.4) is 0 Å². The van der Waals surface area contributed by atoms with Crippen molar-refractivity contribution >= 4 is 27.5 Å². The van der Waals surface area contributed by atoms with Crippen LogP contribution in [0.25, 0.3) is 0 Å². The fourth-order valence-corrected chi connectivity index (χ4v) is 4.07. The first-order valence-corrected chi connectivity index (χ1v) is 10.7. The first-order chi connectivity index (χ1) is 13.5. The van der Waals surface area contributed by atoms with E-state index in [9.17, 15) is 18.0 Å². The van der Waals surface area contributed by atoms with Gasteiger partial charge in [-0.1, -0.05) is 23.8 Å². The molecule has 0 spiro atoms. The maximum absolute atomic E-state index is 12.4. The van der Waals surface area contributed by atoms with Crippen LogP contribution >= 0.6 is 0 Å². The fraction of sp³-hybridized carbons (Fsp3) is 0.333. The Morgan fingerprint density at radius 1 is 1.00 bits per heavy atom. The Morgan fingerprint density at radius 2 is 1.69 bits per heavy atom. The topological polar surface area (TPSA) is 104 Å². The Morgan fingerprint density at radius 3 is 2.34 bits per heavy atom. The molecule has 0 atom stereocenters. The molecule has 7 nitrogen and oxygen atoms in total. The molecule has 2 aromatic rings. The predicted octanol–water partition coefficient (Wildman–Crippen LogP) is 2.83. The Kier molecular flexibility index (Phi) is 7.16. The van der Waals surface area contributed by atoms with Crippen molar-refractivity contribution in [1.29, 1.82) is 0 Å². The highest BCUT2D eigenvalue weighted by Crippen LogP contribution is 2.17. The molecular weight excluding hydrogens is 390 g/mol. The predicted molar refractivity (Wildman–Crippen MR) is 113 cm³/mol. The van der Waals surface area contributed by atoms with E-state index in [1.165, 1.54) is 12.1 Å². The summed E-state index contributed by atoms with van der Waals surface area (Å²) in [7, 11) is -3.70. The zero-order valence-electron chi connectivity index (χ0n) is 17.1. The van der Waals surface area contributed by atoms with Crippen LogP contribution in [0.5, 0.6) is 0 Å². The zero-order valence-corrected chi connectivity index (χ0v) is 17.9. The fourth-order valence-electron chi connectivity index (χ4n) is 2.60. The SMILES string of the molecule is Cc1cccc(C(=O)NCCC(=O)Nc2cccc(S(=O)(=O)NC(C)(C)C)c2)c1. The van der Waals surface area contributed by atoms with Gasteiger partial charge in [0.25, 0.3) is 5.91 Å². The van der Waals surface area contributed by atoms with E-state index in [0.717, 1.165) is 5.56 Å². The second-order valence-corrected chi connectivity index (χ2v) is 9.49. The average molecular weight is 418 g/mol. The molecule has 0 unspecified atom stereocenters. The van der Waals surface area contributed by atoms with Gasteiger partial charge in [0, 0.05) is 29.8 Å². The number of carbonyl (C=O) groups excluding carboxylic acids is 2. The van der Waals surface area contributed by atoms with Gasteiger partial charge in [-0.05, 0) is 58.0 Å². The molecule has 0 heterocycles. The summed E-state index contributed by atoms with van der Waals surface area (Å²) in [6.07, 6.45) is 0.0643. The molecule has 0 saturated carbocycles. The highest BCUT2D eigenvalue weighted by molar-refractivity contribution is 7.89. The molecule has 0 bridgehead atoms. The van der Waals surface area contributed by atoms with Crippen molar-refractivity contribution in [2.75, 3.05) is 11.9 Å². The Hall–Kier alpha value is -2.71. The first kappa shape index (κ1) is 22.6. The number of nitrogens with one attached hydrogen (secondary N) is 3. The summed E-state index contributed by atoms with van der Waals surface area (Å²) in [5, 5.41) is 5.36. The van der Waals surface area contributed by atoms with Gasteiger partial charge >= 0.3 is 0 Å². The summed E-state index contributed by atoms with van der Waals surface area (Å²) in [6, 6.07) is 13.2. The van der Waals surface area contributed by atoms with Crippen LogP contribution in [0.1, 0.15) is 43.1 Å². The molecule has 0 aliphatic heterocycles. The summed E-state index contributed by atoms with van der Waals surface area (Å²) in [5.41, 5.74) is 1.27. The number of sulfonamides is 1. The van der Waals surface area contributed by atoms with E-state index < -0.39 is 15.6 Å². The lowest BCUT2D eigenvalue weighted by Gasteiger charge is -2.20. The second kappa shape index (κ2) is 9.19. The summed E-state index contributed by atoms with van der Waals surface area (Å²) in [5.74, 6) is -0.573. The third-order valence-electron chi connectivity index (χ3n) is 3.79. The lowest BCUT2D eigenvalue weighted by molar-refractivity contribution is -0.116. The van der Waals surface area contributed by atoms with Crippen LogP contribution in [0.15, 0.2) is 53.4 Å². The molecule has 29 heavy (non-hydrogen) atoms. The number of aryl methyl sites for hydroxylation is 1. The van der Waals surface area contributed by atoms with Crippen LogP contribution < -0.4 is 15.4 Å². The zero-order chi connectivity index (χ0) is 21.7. The summed E-state index contributed by atoms with van der Waals surface area (Å²) < 4.78 is 27.4. The molecule has 0 aliphatic carbocycles.